The van der Waals surface area contributed by atoms with Gasteiger partial charge in [-0.3, -0.25) is 0 Å². The van der Waals surface area contributed by atoms with Crippen LogP contribution in [0.1, 0.15) is 5.56 Å². The Morgan fingerprint density at radius 1 is 0.880 bits per heavy atom. The topological polar surface area (TPSA) is 46.3 Å². The monoisotopic (exact) mass is 337 g/mol. The number of hydrogen-bond donors (Lipinski definition) is 1. The quantitative estimate of drug-likeness (QED) is 0.576. The summed E-state index contributed by atoms with van der Waals surface area (Å²) in [6.07, 6.45) is 0. The summed E-state index contributed by atoms with van der Waals surface area (Å²) in [7, 11) is 0. The summed E-state index contributed by atoms with van der Waals surface area (Å²) in [4.78, 5) is 0. The summed E-state index contributed by atoms with van der Waals surface area (Å²) < 4.78 is 33.0. The molecule has 0 saturated carbocycles. The second-order valence-electron chi connectivity index (χ2n) is 5.63. The molecule has 0 radical (unpaired) electrons. The number of hydrogen-bond acceptors (Lipinski definition) is 3. The Morgan fingerprint density at radius 2 is 1.60 bits per heavy atom. The Bertz CT molecular complexity index is 1070. The first-order chi connectivity index (χ1) is 12.2. The summed E-state index contributed by atoms with van der Waals surface area (Å²) in [5, 5.41) is 15.8. The van der Waals surface area contributed by atoms with Crippen LogP contribution in [-0.4, -0.2) is 10.3 Å². The van der Waals surface area contributed by atoms with E-state index < -0.39 is 18.2 Å². The van der Waals surface area contributed by atoms with Crippen LogP contribution in [0.25, 0.3) is 33.4 Å². The Balaban J connectivity index is 1.96. The minimum Gasteiger partial charge on any atom is -0.391 e. The molecule has 0 fully saturated rings. The van der Waals surface area contributed by atoms with E-state index in [1.165, 1.54) is 12.1 Å². The summed E-state index contributed by atoms with van der Waals surface area (Å²) in [6, 6.07) is 17.2. The normalized spacial score (nSPS) is 11.2. The molecule has 0 aliphatic carbocycles. The van der Waals surface area contributed by atoms with Crippen LogP contribution < -0.4 is 0 Å². The van der Waals surface area contributed by atoms with Gasteiger partial charge in [0, 0.05) is 5.56 Å². The zero-order chi connectivity index (χ0) is 17.4. The molecule has 0 amide bonds. The standard InChI is InChI=1S/C20H13F2NO2/c21-17-10-4-9-15(18(17)22)20-16(11-24)19(23-25-20)14-8-3-6-12-5-1-2-7-13(12)14/h1-10,24H,11H2. The average molecular weight is 337 g/mol. The number of benzene rings is 3. The van der Waals surface area contributed by atoms with Gasteiger partial charge in [-0.25, -0.2) is 8.78 Å². The molecule has 25 heavy (non-hydrogen) atoms. The molecule has 1 aromatic heterocycles. The first-order valence-electron chi connectivity index (χ1n) is 7.72. The molecule has 3 aromatic carbocycles. The number of aliphatic hydroxyl groups excluding tert-OH is 1. The lowest BCUT2D eigenvalue weighted by Crippen LogP contribution is -1.93. The van der Waals surface area contributed by atoms with Crippen molar-refractivity contribution < 1.29 is 18.4 Å². The van der Waals surface area contributed by atoms with Crippen LogP contribution in [-0.2, 0) is 6.61 Å². The Hall–Kier alpha value is -3.05. The van der Waals surface area contributed by atoms with E-state index in [0.29, 0.717) is 11.3 Å². The lowest BCUT2D eigenvalue weighted by molar-refractivity contribution is 0.281. The van der Waals surface area contributed by atoms with Crippen LogP contribution in [0.4, 0.5) is 8.78 Å². The number of aromatic nitrogens is 1. The average Bonchev–Trinajstić information content (AvgIpc) is 3.07. The van der Waals surface area contributed by atoms with Gasteiger partial charge in [0.1, 0.15) is 5.69 Å². The minimum atomic E-state index is -1.03. The summed E-state index contributed by atoms with van der Waals surface area (Å²) >= 11 is 0. The fourth-order valence-corrected chi connectivity index (χ4v) is 2.99. The van der Waals surface area contributed by atoms with Crippen molar-refractivity contribution >= 4 is 10.8 Å². The van der Waals surface area contributed by atoms with Crippen molar-refractivity contribution in [1.29, 1.82) is 0 Å². The van der Waals surface area contributed by atoms with E-state index in [9.17, 15) is 13.9 Å². The van der Waals surface area contributed by atoms with Gasteiger partial charge in [0.15, 0.2) is 17.4 Å². The zero-order valence-corrected chi connectivity index (χ0v) is 13.0. The van der Waals surface area contributed by atoms with Gasteiger partial charge in [0.05, 0.1) is 17.7 Å². The van der Waals surface area contributed by atoms with Gasteiger partial charge in [-0.2, -0.15) is 0 Å². The van der Waals surface area contributed by atoms with E-state index in [4.69, 9.17) is 4.52 Å². The third kappa shape index (κ3) is 2.49. The molecule has 0 aliphatic heterocycles. The van der Waals surface area contributed by atoms with Crippen molar-refractivity contribution in [3.05, 3.63) is 77.9 Å². The van der Waals surface area contributed by atoms with Crippen LogP contribution in [0, 0.1) is 11.6 Å². The largest absolute Gasteiger partial charge is 0.391 e. The lowest BCUT2D eigenvalue weighted by atomic mass is 9.98. The molecule has 3 nitrogen and oxygen atoms in total. The second kappa shape index (κ2) is 6.11. The zero-order valence-electron chi connectivity index (χ0n) is 13.0. The highest BCUT2D eigenvalue weighted by molar-refractivity contribution is 5.97. The molecule has 1 heterocycles. The number of nitrogens with zero attached hydrogens (tertiary/aromatic N) is 1. The van der Waals surface area contributed by atoms with Gasteiger partial charge in [-0.15, -0.1) is 0 Å². The van der Waals surface area contributed by atoms with Gasteiger partial charge in [-0.05, 0) is 22.9 Å². The van der Waals surface area contributed by atoms with Gasteiger partial charge in [0.2, 0.25) is 0 Å². The van der Waals surface area contributed by atoms with E-state index in [0.717, 1.165) is 22.4 Å². The fourth-order valence-electron chi connectivity index (χ4n) is 2.99. The fraction of sp³-hybridized carbons (Fsp3) is 0.0500. The first kappa shape index (κ1) is 15.5. The molecule has 0 spiro atoms. The summed E-state index contributed by atoms with van der Waals surface area (Å²) in [5.41, 5.74) is 1.43. The van der Waals surface area contributed by atoms with E-state index in [1.54, 1.807) is 0 Å². The Kier molecular flexibility index (Phi) is 3.78. The molecule has 0 unspecified atom stereocenters. The van der Waals surface area contributed by atoms with Gasteiger partial charge in [-0.1, -0.05) is 53.7 Å². The van der Waals surface area contributed by atoms with Crippen molar-refractivity contribution in [2.75, 3.05) is 0 Å². The molecule has 4 rings (SSSR count). The highest BCUT2D eigenvalue weighted by atomic mass is 19.2. The summed E-state index contributed by atoms with van der Waals surface area (Å²) in [5.74, 6) is -1.98. The van der Waals surface area contributed by atoms with Crippen LogP contribution in [0.2, 0.25) is 0 Å². The van der Waals surface area contributed by atoms with Gasteiger partial charge >= 0.3 is 0 Å². The maximum atomic E-state index is 14.1. The molecular formula is C20H13F2NO2. The number of fused-ring (bicyclic) bond motifs is 1. The maximum absolute atomic E-state index is 14.1. The van der Waals surface area contributed by atoms with Crippen molar-refractivity contribution in [3.63, 3.8) is 0 Å². The molecule has 0 atom stereocenters. The molecular weight excluding hydrogens is 324 g/mol. The highest BCUT2D eigenvalue weighted by Gasteiger charge is 2.23. The molecule has 4 aromatic rings. The lowest BCUT2D eigenvalue weighted by Gasteiger charge is -2.06. The first-order valence-corrected chi connectivity index (χ1v) is 7.72. The predicted molar refractivity (Wildman–Crippen MR) is 90.7 cm³/mol. The Labute approximate surface area is 142 Å². The van der Waals surface area contributed by atoms with Crippen LogP contribution in [0.3, 0.4) is 0 Å². The van der Waals surface area contributed by atoms with E-state index in [-0.39, 0.29) is 11.3 Å². The number of aliphatic hydroxyl groups is 1. The van der Waals surface area contributed by atoms with E-state index in [2.05, 4.69) is 5.16 Å². The summed E-state index contributed by atoms with van der Waals surface area (Å²) in [6.45, 7) is -0.409. The second-order valence-corrected chi connectivity index (χ2v) is 5.63. The third-order valence-corrected chi connectivity index (χ3v) is 4.19. The molecule has 0 aliphatic rings. The van der Waals surface area contributed by atoms with Crippen LogP contribution >= 0.6 is 0 Å². The Morgan fingerprint density at radius 3 is 2.44 bits per heavy atom. The van der Waals surface area contributed by atoms with Gasteiger partial charge in [0.25, 0.3) is 0 Å². The van der Waals surface area contributed by atoms with Crippen molar-refractivity contribution in [2.45, 2.75) is 6.61 Å². The van der Waals surface area contributed by atoms with E-state index >= 15 is 0 Å². The SMILES string of the molecule is OCc1c(-c2cccc3ccccc23)noc1-c1cccc(F)c1F. The van der Waals surface area contributed by atoms with Crippen LogP contribution in [0.15, 0.2) is 65.2 Å². The van der Waals surface area contributed by atoms with Gasteiger partial charge < -0.3 is 9.63 Å². The molecule has 124 valence electrons. The minimum absolute atomic E-state index is 0.0300. The molecule has 1 N–H and O–H groups in total. The third-order valence-electron chi connectivity index (χ3n) is 4.19. The van der Waals surface area contributed by atoms with Crippen molar-refractivity contribution in [2.24, 2.45) is 0 Å². The maximum Gasteiger partial charge on any atom is 0.176 e. The number of halogens is 2. The molecule has 5 heteroatoms. The van der Waals surface area contributed by atoms with Crippen LogP contribution in [0.5, 0.6) is 0 Å². The van der Waals surface area contributed by atoms with Crippen molar-refractivity contribution in [1.82, 2.24) is 5.16 Å². The van der Waals surface area contributed by atoms with E-state index in [1.807, 2.05) is 42.5 Å². The smallest absolute Gasteiger partial charge is 0.176 e. The highest BCUT2D eigenvalue weighted by Crippen LogP contribution is 2.36. The van der Waals surface area contributed by atoms with Crippen molar-refractivity contribution in [3.8, 4) is 22.6 Å². The number of rotatable bonds is 3. The predicted octanol–water partition coefficient (Wildman–Crippen LogP) is 4.93. The molecule has 0 saturated heterocycles. The molecule has 0 bridgehead atoms.